The van der Waals surface area contributed by atoms with Crippen molar-refractivity contribution in [3.8, 4) is 5.75 Å². The maximum atomic E-state index is 11.6. The molecule has 1 aromatic carbocycles. The van der Waals surface area contributed by atoms with E-state index in [4.69, 9.17) is 9.73 Å². The zero-order chi connectivity index (χ0) is 19.6. The lowest BCUT2D eigenvalue weighted by Crippen LogP contribution is -2.46. The van der Waals surface area contributed by atoms with E-state index in [1.54, 1.807) is 7.05 Å². The summed E-state index contributed by atoms with van der Waals surface area (Å²) < 4.78 is 6.94. The van der Waals surface area contributed by atoms with Crippen LogP contribution in [0.2, 0.25) is 0 Å². The number of benzene rings is 1. The van der Waals surface area contributed by atoms with Gasteiger partial charge < -0.3 is 20.3 Å². The van der Waals surface area contributed by atoms with Gasteiger partial charge in [0.15, 0.2) is 5.96 Å². The monoisotopic (exact) mass is 438 g/mol. The molecule has 1 fully saturated rings. The Hall–Kier alpha value is -1.76. The summed E-state index contributed by atoms with van der Waals surface area (Å²) in [5.41, 5.74) is 0. The molecule has 6 nitrogen and oxygen atoms in total. The third-order valence-electron chi connectivity index (χ3n) is 4.66. The molecule has 150 valence electrons. The first-order valence-corrected chi connectivity index (χ1v) is 10.5. The average molecular weight is 439 g/mol. The lowest BCUT2D eigenvalue weighted by Gasteiger charge is -2.34. The molecule has 0 saturated carbocycles. The first-order valence-electron chi connectivity index (χ1n) is 9.68. The van der Waals surface area contributed by atoms with Crippen molar-refractivity contribution in [1.82, 2.24) is 15.5 Å². The van der Waals surface area contributed by atoms with Crippen molar-refractivity contribution in [2.75, 3.05) is 33.2 Å². The van der Waals surface area contributed by atoms with Crippen molar-refractivity contribution in [2.45, 2.75) is 39.2 Å². The Labute approximate surface area is 170 Å². The summed E-state index contributed by atoms with van der Waals surface area (Å²) >= 11 is 3.51. The molecule has 1 atom stereocenters. The summed E-state index contributed by atoms with van der Waals surface area (Å²) in [5, 5.41) is 6.10. The lowest BCUT2D eigenvalue weighted by atomic mass is 9.93. The number of hydrogen-bond donors (Lipinski definition) is 2. The summed E-state index contributed by atoms with van der Waals surface area (Å²) in [6.07, 6.45) is 2.62. The number of nitrogens with zero attached hydrogens (tertiary/aromatic N) is 2. The predicted molar refractivity (Wildman–Crippen MR) is 113 cm³/mol. The van der Waals surface area contributed by atoms with Crippen LogP contribution in [-0.4, -0.2) is 56.1 Å². The normalized spacial score (nSPS) is 16.7. The number of para-hydroxylation sites is 1. The Morgan fingerprint density at radius 2 is 2.07 bits per heavy atom. The van der Waals surface area contributed by atoms with E-state index in [1.807, 2.05) is 31.2 Å². The van der Waals surface area contributed by atoms with Gasteiger partial charge in [-0.15, -0.1) is 0 Å². The van der Waals surface area contributed by atoms with Crippen LogP contribution in [0.3, 0.4) is 0 Å². The number of piperidine rings is 1. The molecule has 2 N–H and O–H groups in total. The van der Waals surface area contributed by atoms with Crippen LogP contribution in [-0.2, 0) is 4.79 Å². The van der Waals surface area contributed by atoms with Gasteiger partial charge in [-0.25, -0.2) is 4.99 Å². The molecular weight excluding hydrogens is 408 g/mol. The molecule has 1 unspecified atom stereocenters. The smallest absolute Gasteiger partial charge is 0.220 e. The van der Waals surface area contributed by atoms with Crippen molar-refractivity contribution < 1.29 is 9.53 Å². The van der Waals surface area contributed by atoms with Crippen LogP contribution in [0.5, 0.6) is 5.75 Å². The second-order valence-corrected chi connectivity index (χ2v) is 7.72. The van der Waals surface area contributed by atoms with Gasteiger partial charge in [-0.2, -0.15) is 0 Å². The highest BCUT2D eigenvalue weighted by Crippen LogP contribution is 2.25. The third kappa shape index (κ3) is 7.05. The van der Waals surface area contributed by atoms with Crippen LogP contribution >= 0.6 is 15.9 Å². The minimum Gasteiger partial charge on any atom is -0.488 e. The molecule has 1 aromatic rings. The highest BCUT2D eigenvalue weighted by molar-refractivity contribution is 9.10. The topological polar surface area (TPSA) is 66.0 Å². The van der Waals surface area contributed by atoms with Gasteiger partial charge in [-0.3, -0.25) is 4.79 Å². The van der Waals surface area contributed by atoms with E-state index in [2.05, 4.69) is 38.4 Å². The number of likely N-dealkylation sites (tertiary alicyclic amines) is 1. The molecule has 27 heavy (non-hydrogen) atoms. The molecule has 7 heteroatoms. The van der Waals surface area contributed by atoms with Gasteiger partial charge in [0.2, 0.25) is 5.91 Å². The zero-order valence-corrected chi connectivity index (χ0v) is 18.1. The van der Waals surface area contributed by atoms with E-state index in [9.17, 15) is 4.79 Å². The number of aliphatic imine (C=N–C) groups is 1. The van der Waals surface area contributed by atoms with Crippen LogP contribution < -0.4 is 15.4 Å². The maximum absolute atomic E-state index is 11.6. The summed E-state index contributed by atoms with van der Waals surface area (Å²) in [6.45, 7) is 7.37. The first kappa shape index (κ1) is 21.5. The van der Waals surface area contributed by atoms with Gasteiger partial charge in [-0.1, -0.05) is 12.1 Å². The number of rotatable bonds is 7. The van der Waals surface area contributed by atoms with Crippen LogP contribution in [0.25, 0.3) is 0 Å². The van der Waals surface area contributed by atoms with E-state index in [0.29, 0.717) is 18.9 Å². The minimum atomic E-state index is -0.0249. The van der Waals surface area contributed by atoms with Crippen molar-refractivity contribution in [3.63, 3.8) is 0 Å². The average Bonchev–Trinajstić information content (AvgIpc) is 2.67. The zero-order valence-electron chi connectivity index (χ0n) is 16.5. The fraction of sp³-hybridized carbons (Fsp3) is 0.600. The Kier molecular flexibility index (Phi) is 8.91. The molecule has 0 bridgehead atoms. The first-order chi connectivity index (χ1) is 13.0. The molecule has 1 amide bonds. The number of carbonyl (C=O) groups excluding carboxylic acids is 1. The van der Waals surface area contributed by atoms with E-state index in [0.717, 1.165) is 48.7 Å². The molecule has 0 spiro atoms. The SMILES string of the molecule is CCNC(=NCC(C)Oc1ccccc1Br)N1CCC(CC(=O)NC)CC1. The Morgan fingerprint density at radius 3 is 2.70 bits per heavy atom. The molecule has 0 aliphatic carbocycles. The van der Waals surface area contributed by atoms with Crippen molar-refractivity contribution in [1.29, 1.82) is 0 Å². The highest BCUT2D eigenvalue weighted by Gasteiger charge is 2.23. The molecule has 0 aromatic heterocycles. The molecule has 1 saturated heterocycles. The second kappa shape index (κ2) is 11.2. The standard InChI is InChI=1S/C20H31BrN4O2/c1-4-23-20(25-11-9-16(10-12-25)13-19(26)22-3)24-14-15(2)27-18-8-6-5-7-17(18)21/h5-8,15-16H,4,9-14H2,1-3H3,(H,22,26)(H,23,24). The van der Waals surface area contributed by atoms with E-state index in [1.165, 1.54) is 0 Å². The van der Waals surface area contributed by atoms with Crippen LogP contribution in [0, 0.1) is 5.92 Å². The fourth-order valence-electron chi connectivity index (χ4n) is 3.15. The molecule has 2 rings (SSSR count). The van der Waals surface area contributed by atoms with Crippen molar-refractivity contribution >= 4 is 27.8 Å². The van der Waals surface area contributed by atoms with E-state index in [-0.39, 0.29) is 12.0 Å². The second-order valence-electron chi connectivity index (χ2n) is 6.86. The predicted octanol–water partition coefficient (Wildman–Crippen LogP) is 3.03. The Bertz CT molecular complexity index is 630. The number of carbonyl (C=O) groups is 1. The van der Waals surface area contributed by atoms with Crippen molar-refractivity contribution in [3.05, 3.63) is 28.7 Å². The van der Waals surface area contributed by atoms with Gasteiger partial charge in [0.1, 0.15) is 11.9 Å². The van der Waals surface area contributed by atoms with Gasteiger partial charge in [-0.05, 0) is 60.7 Å². The molecule has 0 radical (unpaired) electrons. The number of halogens is 1. The van der Waals surface area contributed by atoms with Crippen LogP contribution in [0.4, 0.5) is 0 Å². The molecule has 1 aliphatic rings. The summed E-state index contributed by atoms with van der Waals surface area (Å²) in [5.74, 6) is 2.35. The minimum absolute atomic E-state index is 0.0249. The van der Waals surface area contributed by atoms with Crippen LogP contribution in [0.15, 0.2) is 33.7 Å². The van der Waals surface area contributed by atoms with Crippen LogP contribution in [0.1, 0.15) is 33.1 Å². The number of nitrogens with one attached hydrogen (secondary N) is 2. The van der Waals surface area contributed by atoms with Gasteiger partial charge in [0, 0.05) is 33.1 Å². The van der Waals surface area contributed by atoms with E-state index >= 15 is 0 Å². The lowest BCUT2D eigenvalue weighted by molar-refractivity contribution is -0.121. The largest absolute Gasteiger partial charge is 0.488 e. The number of ether oxygens (including phenoxy) is 1. The number of guanidine groups is 1. The summed E-state index contributed by atoms with van der Waals surface area (Å²) in [4.78, 5) is 18.6. The molecule has 1 aliphatic heterocycles. The van der Waals surface area contributed by atoms with Gasteiger partial charge in [0.05, 0.1) is 11.0 Å². The molecule has 1 heterocycles. The van der Waals surface area contributed by atoms with Gasteiger partial charge >= 0.3 is 0 Å². The van der Waals surface area contributed by atoms with E-state index < -0.39 is 0 Å². The highest BCUT2D eigenvalue weighted by atomic mass is 79.9. The summed E-state index contributed by atoms with van der Waals surface area (Å²) in [6, 6.07) is 7.85. The fourth-order valence-corrected chi connectivity index (χ4v) is 3.53. The summed E-state index contributed by atoms with van der Waals surface area (Å²) in [7, 11) is 1.70. The van der Waals surface area contributed by atoms with Crippen molar-refractivity contribution in [2.24, 2.45) is 10.9 Å². The molecular formula is C20H31BrN4O2. The quantitative estimate of drug-likeness (QED) is 0.507. The third-order valence-corrected chi connectivity index (χ3v) is 5.32. The van der Waals surface area contributed by atoms with Gasteiger partial charge in [0.25, 0.3) is 0 Å². The maximum Gasteiger partial charge on any atom is 0.220 e. The number of hydrogen-bond acceptors (Lipinski definition) is 3. The Morgan fingerprint density at radius 1 is 1.37 bits per heavy atom. The number of amides is 1. The Balaban J connectivity index is 1.88.